The molecule has 0 aromatic heterocycles. The van der Waals surface area contributed by atoms with Gasteiger partial charge in [-0.05, 0) is 55.5 Å². The lowest BCUT2D eigenvalue weighted by atomic mass is 9.98. The first kappa shape index (κ1) is 18.3. The Bertz CT molecular complexity index is 740. The molecule has 0 spiro atoms. The molecule has 2 aromatic carbocycles. The van der Waals surface area contributed by atoms with E-state index >= 15 is 0 Å². The standard InChI is InChI=1S/C20H24ClNO2/c1-12(2)16-8-6-7-14(4)19(16)22-20(23)15(5)24-18-11-13(3)9-10-17(18)21/h6-12,15H,1-5H3,(H,22,23). The summed E-state index contributed by atoms with van der Waals surface area (Å²) in [5.74, 6) is 0.652. The highest BCUT2D eigenvalue weighted by atomic mass is 35.5. The fourth-order valence-electron chi connectivity index (χ4n) is 2.51. The second-order valence-corrected chi connectivity index (χ2v) is 6.78. The molecule has 2 rings (SSSR count). The van der Waals surface area contributed by atoms with Gasteiger partial charge in [-0.3, -0.25) is 4.79 Å². The Hall–Kier alpha value is -2.00. The van der Waals surface area contributed by atoms with E-state index in [-0.39, 0.29) is 5.91 Å². The molecule has 0 saturated carbocycles. The van der Waals surface area contributed by atoms with Crippen molar-refractivity contribution in [2.75, 3.05) is 5.32 Å². The second-order valence-electron chi connectivity index (χ2n) is 6.38. The number of hydrogen-bond donors (Lipinski definition) is 1. The van der Waals surface area contributed by atoms with Crippen molar-refractivity contribution in [1.29, 1.82) is 0 Å². The molecule has 0 bridgehead atoms. The smallest absolute Gasteiger partial charge is 0.265 e. The van der Waals surface area contributed by atoms with Gasteiger partial charge in [-0.25, -0.2) is 0 Å². The number of carbonyl (C=O) groups is 1. The third kappa shape index (κ3) is 4.30. The van der Waals surface area contributed by atoms with Crippen molar-refractivity contribution in [3.63, 3.8) is 0 Å². The van der Waals surface area contributed by atoms with Crippen LogP contribution >= 0.6 is 11.6 Å². The van der Waals surface area contributed by atoms with Gasteiger partial charge in [0.2, 0.25) is 0 Å². The van der Waals surface area contributed by atoms with Gasteiger partial charge in [-0.15, -0.1) is 0 Å². The lowest BCUT2D eigenvalue weighted by molar-refractivity contribution is -0.122. The van der Waals surface area contributed by atoms with E-state index in [0.717, 1.165) is 22.4 Å². The van der Waals surface area contributed by atoms with Gasteiger partial charge in [0.15, 0.2) is 6.10 Å². The number of hydrogen-bond acceptors (Lipinski definition) is 2. The highest BCUT2D eigenvalue weighted by molar-refractivity contribution is 6.32. The maximum atomic E-state index is 12.6. The summed E-state index contributed by atoms with van der Waals surface area (Å²) < 4.78 is 5.76. The van der Waals surface area contributed by atoms with Crippen molar-refractivity contribution in [3.05, 3.63) is 58.1 Å². The summed E-state index contributed by atoms with van der Waals surface area (Å²) in [5.41, 5.74) is 4.05. The molecule has 3 nitrogen and oxygen atoms in total. The van der Waals surface area contributed by atoms with E-state index in [1.807, 2.05) is 44.2 Å². The first-order chi connectivity index (χ1) is 11.3. The van der Waals surface area contributed by atoms with Gasteiger partial charge in [0.05, 0.1) is 5.02 Å². The van der Waals surface area contributed by atoms with Crippen molar-refractivity contribution >= 4 is 23.2 Å². The number of aryl methyl sites for hydroxylation is 2. The van der Waals surface area contributed by atoms with Crippen LogP contribution in [0.3, 0.4) is 0 Å². The number of carbonyl (C=O) groups excluding carboxylic acids is 1. The number of nitrogens with one attached hydrogen (secondary N) is 1. The summed E-state index contributed by atoms with van der Waals surface area (Å²) >= 11 is 6.14. The number of benzene rings is 2. The molecule has 1 atom stereocenters. The van der Waals surface area contributed by atoms with Crippen molar-refractivity contribution in [2.24, 2.45) is 0 Å². The summed E-state index contributed by atoms with van der Waals surface area (Å²) in [6.45, 7) is 9.88. The monoisotopic (exact) mass is 345 g/mol. The van der Waals surface area contributed by atoms with Crippen LogP contribution in [0.4, 0.5) is 5.69 Å². The summed E-state index contributed by atoms with van der Waals surface area (Å²) in [6, 6.07) is 11.5. The van der Waals surface area contributed by atoms with Gasteiger partial charge < -0.3 is 10.1 Å². The normalized spacial score (nSPS) is 12.1. The molecule has 0 fully saturated rings. The van der Waals surface area contributed by atoms with E-state index < -0.39 is 6.10 Å². The van der Waals surface area contributed by atoms with E-state index in [1.165, 1.54) is 0 Å². The van der Waals surface area contributed by atoms with E-state index in [9.17, 15) is 4.79 Å². The van der Waals surface area contributed by atoms with E-state index in [4.69, 9.17) is 16.3 Å². The van der Waals surface area contributed by atoms with Gasteiger partial charge in [-0.2, -0.15) is 0 Å². The van der Waals surface area contributed by atoms with Gasteiger partial charge >= 0.3 is 0 Å². The molecular weight excluding hydrogens is 322 g/mol. The van der Waals surface area contributed by atoms with Crippen LogP contribution in [-0.2, 0) is 4.79 Å². The quantitative estimate of drug-likeness (QED) is 0.778. The molecule has 0 aliphatic carbocycles. The molecule has 4 heteroatoms. The highest BCUT2D eigenvalue weighted by Gasteiger charge is 2.19. The molecule has 0 radical (unpaired) electrons. The summed E-state index contributed by atoms with van der Waals surface area (Å²) in [4.78, 5) is 12.6. The molecule has 1 amide bonds. The lowest BCUT2D eigenvalue weighted by Crippen LogP contribution is -2.31. The number of amides is 1. The number of para-hydroxylation sites is 1. The Morgan fingerprint density at radius 3 is 2.50 bits per heavy atom. The minimum absolute atomic E-state index is 0.191. The molecule has 2 aromatic rings. The van der Waals surface area contributed by atoms with Crippen LogP contribution in [0.25, 0.3) is 0 Å². The zero-order valence-electron chi connectivity index (χ0n) is 14.8. The Morgan fingerprint density at radius 1 is 1.12 bits per heavy atom. The zero-order chi connectivity index (χ0) is 17.9. The highest BCUT2D eigenvalue weighted by Crippen LogP contribution is 2.29. The van der Waals surface area contributed by atoms with E-state index in [2.05, 4.69) is 19.2 Å². The molecule has 0 aliphatic rings. The predicted octanol–water partition coefficient (Wildman–Crippen LogP) is 5.49. The third-order valence-electron chi connectivity index (χ3n) is 3.93. The SMILES string of the molecule is Cc1ccc(Cl)c(OC(C)C(=O)Nc2c(C)cccc2C(C)C)c1. The Labute approximate surface area is 149 Å². The summed E-state index contributed by atoms with van der Waals surface area (Å²) in [6.07, 6.45) is -0.649. The average Bonchev–Trinajstić information content (AvgIpc) is 2.52. The van der Waals surface area contributed by atoms with Crippen molar-refractivity contribution < 1.29 is 9.53 Å². The van der Waals surface area contributed by atoms with Crippen LogP contribution < -0.4 is 10.1 Å². The largest absolute Gasteiger partial charge is 0.479 e. The Kier molecular flexibility index (Phi) is 5.89. The fraction of sp³-hybridized carbons (Fsp3) is 0.350. The minimum Gasteiger partial charge on any atom is -0.479 e. The van der Waals surface area contributed by atoms with Crippen LogP contribution in [0.5, 0.6) is 5.75 Å². The molecular formula is C20H24ClNO2. The second kappa shape index (κ2) is 7.71. The van der Waals surface area contributed by atoms with Gasteiger partial charge in [0, 0.05) is 5.69 Å². The molecule has 1 N–H and O–H groups in total. The first-order valence-corrected chi connectivity index (χ1v) is 8.50. The molecule has 128 valence electrons. The maximum Gasteiger partial charge on any atom is 0.265 e. The average molecular weight is 346 g/mol. The van der Waals surface area contributed by atoms with Gasteiger partial charge in [0.25, 0.3) is 5.91 Å². The third-order valence-corrected chi connectivity index (χ3v) is 4.25. The minimum atomic E-state index is -0.649. The Balaban J connectivity index is 2.17. The van der Waals surface area contributed by atoms with Gasteiger partial charge in [0.1, 0.15) is 5.75 Å². The predicted molar refractivity (Wildman–Crippen MR) is 100 cm³/mol. The van der Waals surface area contributed by atoms with Crippen molar-refractivity contribution in [3.8, 4) is 5.75 Å². The number of ether oxygens (including phenoxy) is 1. The number of rotatable bonds is 5. The van der Waals surface area contributed by atoms with Gasteiger partial charge in [-0.1, -0.05) is 49.7 Å². The molecule has 0 aliphatic heterocycles. The molecule has 1 unspecified atom stereocenters. The first-order valence-electron chi connectivity index (χ1n) is 8.12. The summed E-state index contributed by atoms with van der Waals surface area (Å²) in [7, 11) is 0. The van der Waals surface area contributed by atoms with Crippen LogP contribution in [0.15, 0.2) is 36.4 Å². The topological polar surface area (TPSA) is 38.3 Å². The molecule has 24 heavy (non-hydrogen) atoms. The van der Waals surface area contributed by atoms with E-state index in [1.54, 1.807) is 13.0 Å². The van der Waals surface area contributed by atoms with Crippen LogP contribution in [-0.4, -0.2) is 12.0 Å². The summed E-state index contributed by atoms with van der Waals surface area (Å²) in [5, 5.41) is 3.51. The fourth-order valence-corrected chi connectivity index (χ4v) is 2.67. The van der Waals surface area contributed by atoms with Crippen LogP contribution in [0.1, 0.15) is 43.4 Å². The maximum absolute atomic E-state index is 12.6. The van der Waals surface area contributed by atoms with Crippen molar-refractivity contribution in [1.82, 2.24) is 0 Å². The lowest BCUT2D eigenvalue weighted by Gasteiger charge is -2.20. The molecule has 0 heterocycles. The van der Waals surface area contributed by atoms with E-state index in [0.29, 0.717) is 16.7 Å². The number of anilines is 1. The van der Waals surface area contributed by atoms with Crippen molar-refractivity contribution in [2.45, 2.75) is 46.6 Å². The zero-order valence-corrected chi connectivity index (χ0v) is 15.6. The van der Waals surface area contributed by atoms with Crippen LogP contribution in [0, 0.1) is 13.8 Å². The Morgan fingerprint density at radius 2 is 1.83 bits per heavy atom. The number of halogens is 1. The van der Waals surface area contributed by atoms with Crippen LogP contribution in [0.2, 0.25) is 5.02 Å². The molecule has 0 saturated heterocycles.